The predicted octanol–water partition coefficient (Wildman–Crippen LogP) is 5.32. The van der Waals surface area contributed by atoms with E-state index in [0.717, 1.165) is 11.8 Å². The number of benzene rings is 1. The molecule has 1 aliphatic carbocycles. The highest BCUT2D eigenvalue weighted by Gasteiger charge is 2.21. The molecule has 1 aliphatic rings. The summed E-state index contributed by atoms with van der Waals surface area (Å²) in [6.07, 6.45) is 9.71. The number of aryl methyl sites for hydroxylation is 1. The van der Waals surface area contributed by atoms with Gasteiger partial charge in [-0.25, -0.2) is 0 Å². The molecular weight excluding hydrogens is 204 g/mol. The molecule has 1 aromatic rings. The number of hydrogen-bond acceptors (Lipinski definition) is 0. The van der Waals surface area contributed by atoms with Crippen molar-refractivity contribution in [2.75, 3.05) is 0 Å². The van der Waals surface area contributed by atoms with Gasteiger partial charge in [0, 0.05) is 0 Å². The van der Waals surface area contributed by atoms with Crippen molar-refractivity contribution < 1.29 is 0 Å². The van der Waals surface area contributed by atoms with Crippen LogP contribution in [-0.2, 0) is 6.42 Å². The first kappa shape index (κ1) is 12.7. The van der Waals surface area contributed by atoms with Crippen LogP contribution in [0, 0.1) is 5.92 Å². The minimum Gasteiger partial charge on any atom is -0.0654 e. The Hall–Kier alpha value is -0.780. The molecule has 1 aromatic carbocycles. The lowest BCUT2D eigenvalue weighted by Gasteiger charge is -2.28. The van der Waals surface area contributed by atoms with E-state index >= 15 is 0 Å². The van der Waals surface area contributed by atoms with Crippen molar-refractivity contribution in [1.82, 2.24) is 0 Å². The van der Waals surface area contributed by atoms with Crippen molar-refractivity contribution >= 4 is 0 Å². The fraction of sp³-hybridized carbons (Fsp3) is 0.647. The van der Waals surface area contributed by atoms with Gasteiger partial charge in [0.25, 0.3) is 0 Å². The van der Waals surface area contributed by atoms with Crippen molar-refractivity contribution in [2.24, 2.45) is 5.92 Å². The van der Waals surface area contributed by atoms with E-state index in [9.17, 15) is 0 Å². The van der Waals surface area contributed by atoms with Gasteiger partial charge >= 0.3 is 0 Å². The van der Waals surface area contributed by atoms with Crippen LogP contribution in [-0.4, -0.2) is 0 Å². The van der Waals surface area contributed by atoms with Crippen LogP contribution in [0.3, 0.4) is 0 Å². The summed E-state index contributed by atoms with van der Waals surface area (Å²) >= 11 is 0. The fourth-order valence-corrected chi connectivity index (χ4v) is 3.26. The Morgan fingerprint density at radius 2 is 1.82 bits per heavy atom. The minimum atomic E-state index is 0.842. The SMILES string of the molecule is CCCC1CCC(c2cccc(CC)c2)CC1. The normalized spacial score (nSPS) is 24.8. The monoisotopic (exact) mass is 230 g/mol. The second-order valence-corrected chi connectivity index (χ2v) is 5.60. The van der Waals surface area contributed by atoms with Gasteiger partial charge in [0.2, 0.25) is 0 Å². The zero-order chi connectivity index (χ0) is 12.1. The molecule has 2 rings (SSSR count). The lowest BCUT2D eigenvalue weighted by Crippen LogP contribution is -2.13. The van der Waals surface area contributed by atoms with E-state index in [-0.39, 0.29) is 0 Å². The van der Waals surface area contributed by atoms with Gasteiger partial charge in [-0.3, -0.25) is 0 Å². The van der Waals surface area contributed by atoms with Crippen LogP contribution >= 0.6 is 0 Å². The van der Waals surface area contributed by atoms with E-state index in [1.165, 1.54) is 50.5 Å². The molecule has 17 heavy (non-hydrogen) atoms. The third-order valence-electron chi connectivity index (χ3n) is 4.37. The fourth-order valence-electron chi connectivity index (χ4n) is 3.26. The lowest BCUT2D eigenvalue weighted by molar-refractivity contribution is 0.308. The molecule has 0 atom stereocenters. The van der Waals surface area contributed by atoms with Crippen LogP contribution < -0.4 is 0 Å². The Kier molecular flexibility index (Phi) is 4.65. The van der Waals surface area contributed by atoms with E-state index in [1.807, 2.05) is 0 Å². The largest absolute Gasteiger partial charge is 0.0654 e. The molecule has 0 N–H and O–H groups in total. The minimum absolute atomic E-state index is 0.842. The molecule has 0 heterocycles. The molecule has 0 amide bonds. The lowest BCUT2D eigenvalue weighted by atomic mass is 9.77. The average molecular weight is 230 g/mol. The van der Waals surface area contributed by atoms with Crippen LogP contribution in [0.1, 0.15) is 69.4 Å². The molecule has 1 fully saturated rings. The van der Waals surface area contributed by atoms with E-state index in [4.69, 9.17) is 0 Å². The summed E-state index contributed by atoms with van der Waals surface area (Å²) in [5.41, 5.74) is 3.09. The third-order valence-corrected chi connectivity index (χ3v) is 4.37. The summed E-state index contributed by atoms with van der Waals surface area (Å²) in [6, 6.07) is 9.27. The van der Waals surface area contributed by atoms with Crippen molar-refractivity contribution in [1.29, 1.82) is 0 Å². The van der Waals surface area contributed by atoms with E-state index < -0.39 is 0 Å². The molecule has 0 bridgehead atoms. The van der Waals surface area contributed by atoms with E-state index in [2.05, 4.69) is 38.1 Å². The standard InChI is InChI=1S/C17H26/c1-3-6-15-9-11-16(12-10-15)17-8-5-7-14(4-2)13-17/h5,7-8,13,15-16H,3-4,6,9-12H2,1-2H3. The van der Waals surface area contributed by atoms with Crippen LogP contribution in [0.2, 0.25) is 0 Å². The summed E-state index contributed by atoms with van der Waals surface area (Å²) in [4.78, 5) is 0. The predicted molar refractivity (Wildman–Crippen MR) is 75.4 cm³/mol. The Balaban J connectivity index is 1.95. The molecule has 0 aliphatic heterocycles. The molecule has 1 saturated carbocycles. The van der Waals surface area contributed by atoms with Gasteiger partial charge in [-0.05, 0) is 55.1 Å². The highest BCUT2D eigenvalue weighted by Crippen LogP contribution is 2.37. The van der Waals surface area contributed by atoms with Gasteiger partial charge in [-0.2, -0.15) is 0 Å². The molecule has 0 saturated heterocycles. The Morgan fingerprint density at radius 3 is 2.47 bits per heavy atom. The van der Waals surface area contributed by atoms with Gasteiger partial charge < -0.3 is 0 Å². The molecular formula is C17H26. The maximum Gasteiger partial charge on any atom is -0.0162 e. The van der Waals surface area contributed by atoms with Crippen LogP contribution in [0.4, 0.5) is 0 Å². The molecule has 94 valence electrons. The number of rotatable bonds is 4. The Labute approximate surface area is 106 Å². The topological polar surface area (TPSA) is 0 Å². The second-order valence-electron chi connectivity index (χ2n) is 5.60. The van der Waals surface area contributed by atoms with Crippen molar-refractivity contribution in [3.63, 3.8) is 0 Å². The molecule has 0 spiro atoms. The molecule has 0 heteroatoms. The summed E-state index contributed by atoms with van der Waals surface area (Å²) in [5, 5.41) is 0. The van der Waals surface area contributed by atoms with Gasteiger partial charge in [0.1, 0.15) is 0 Å². The number of hydrogen-bond donors (Lipinski definition) is 0. The van der Waals surface area contributed by atoms with Gasteiger partial charge in [0.05, 0.1) is 0 Å². The second kappa shape index (κ2) is 6.23. The molecule has 0 aromatic heterocycles. The first-order valence-electron chi connectivity index (χ1n) is 7.42. The maximum absolute atomic E-state index is 2.44. The first-order valence-corrected chi connectivity index (χ1v) is 7.42. The average Bonchev–Trinajstić information content (AvgIpc) is 2.40. The van der Waals surface area contributed by atoms with Crippen molar-refractivity contribution in [3.05, 3.63) is 35.4 Å². The highest BCUT2D eigenvalue weighted by atomic mass is 14.3. The van der Waals surface area contributed by atoms with Gasteiger partial charge in [-0.1, -0.05) is 51.0 Å². The van der Waals surface area contributed by atoms with Crippen LogP contribution in [0.15, 0.2) is 24.3 Å². The molecule has 0 radical (unpaired) electrons. The Bertz CT molecular complexity index is 332. The third kappa shape index (κ3) is 3.34. The van der Waals surface area contributed by atoms with Crippen LogP contribution in [0.25, 0.3) is 0 Å². The first-order chi connectivity index (χ1) is 8.33. The summed E-state index contributed by atoms with van der Waals surface area (Å²) < 4.78 is 0. The summed E-state index contributed by atoms with van der Waals surface area (Å²) in [7, 11) is 0. The van der Waals surface area contributed by atoms with Crippen LogP contribution in [0.5, 0.6) is 0 Å². The van der Waals surface area contributed by atoms with Crippen molar-refractivity contribution in [3.8, 4) is 0 Å². The smallest absolute Gasteiger partial charge is 0.0162 e. The molecule has 0 unspecified atom stereocenters. The van der Waals surface area contributed by atoms with Crippen molar-refractivity contribution in [2.45, 2.75) is 64.7 Å². The summed E-state index contributed by atoms with van der Waals surface area (Å²) in [5.74, 6) is 1.86. The summed E-state index contributed by atoms with van der Waals surface area (Å²) in [6.45, 7) is 4.56. The zero-order valence-electron chi connectivity index (χ0n) is 11.4. The maximum atomic E-state index is 2.44. The van der Waals surface area contributed by atoms with Gasteiger partial charge in [-0.15, -0.1) is 0 Å². The van der Waals surface area contributed by atoms with E-state index in [0.29, 0.717) is 0 Å². The molecule has 0 nitrogen and oxygen atoms in total. The zero-order valence-corrected chi connectivity index (χ0v) is 11.4. The Morgan fingerprint density at radius 1 is 1.06 bits per heavy atom. The van der Waals surface area contributed by atoms with E-state index in [1.54, 1.807) is 5.56 Å². The quantitative estimate of drug-likeness (QED) is 0.656. The highest BCUT2D eigenvalue weighted by molar-refractivity contribution is 5.26. The van der Waals surface area contributed by atoms with Gasteiger partial charge in [0.15, 0.2) is 0 Å².